The minimum Gasteiger partial charge on any atom is -0.480 e. The predicted molar refractivity (Wildman–Crippen MR) is 83.3 cm³/mol. The van der Waals surface area contributed by atoms with Gasteiger partial charge in [-0.15, -0.1) is 0 Å². The summed E-state index contributed by atoms with van der Waals surface area (Å²) in [4.78, 5) is 29.7. The van der Waals surface area contributed by atoms with Gasteiger partial charge in [0, 0.05) is 31.1 Å². The zero-order valence-electron chi connectivity index (χ0n) is 12.6. The van der Waals surface area contributed by atoms with Crippen molar-refractivity contribution in [2.75, 3.05) is 23.4 Å². The lowest BCUT2D eigenvalue weighted by Crippen LogP contribution is -2.52. The zero-order chi connectivity index (χ0) is 16.0. The van der Waals surface area contributed by atoms with Crippen LogP contribution in [0.3, 0.4) is 0 Å². The molecule has 4 rings (SSSR count). The fourth-order valence-electron chi connectivity index (χ4n) is 3.28. The fraction of sp³-hybridized carbons (Fsp3) is 0.533. The van der Waals surface area contributed by atoms with Crippen LogP contribution in [0.25, 0.3) is 0 Å². The summed E-state index contributed by atoms with van der Waals surface area (Å²) in [7, 11) is 0. The van der Waals surface area contributed by atoms with Gasteiger partial charge < -0.3 is 21.1 Å². The Kier molecular flexibility index (Phi) is 3.42. The first-order chi connectivity index (χ1) is 11.1. The quantitative estimate of drug-likeness (QED) is 0.699. The highest BCUT2D eigenvalue weighted by atomic mass is 16.5. The van der Waals surface area contributed by atoms with E-state index < -0.39 is 0 Å². The first kappa shape index (κ1) is 14.4. The van der Waals surface area contributed by atoms with Crippen LogP contribution in [-0.4, -0.2) is 48.1 Å². The molecule has 3 aliphatic rings. The van der Waals surface area contributed by atoms with Gasteiger partial charge in [0.2, 0.25) is 5.91 Å². The number of pyridine rings is 1. The molecule has 1 saturated heterocycles. The topological polar surface area (TPSA) is 110 Å². The van der Waals surface area contributed by atoms with E-state index in [-0.39, 0.29) is 30.5 Å². The fourth-order valence-corrected chi connectivity index (χ4v) is 3.28. The van der Waals surface area contributed by atoms with Crippen molar-refractivity contribution in [3.05, 3.63) is 12.1 Å². The van der Waals surface area contributed by atoms with E-state index in [1.807, 2.05) is 0 Å². The Morgan fingerprint density at radius 1 is 1.30 bits per heavy atom. The summed E-state index contributed by atoms with van der Waals surface area (Å²) in [5.74, 6) is 1.22. The third kappa shape index (κ3) is 2.75. The van der Waals surface area contributed by atoms with Crippen molar-refractivity contribution in [2.24, 2.45) is 5.73 Å². The van der Waals surface area contributed by atoms with Crippen LogP contribution < -0.4 is 26.0 Å². The van der Waals surface area contributed by atoms with E-state index in [4.69, 9.17) is 10.5 Å². The first-order valence-corrected chi connectivity index (χ1v) is 7.84. The average Bonchev–Trinajstić information content (AvgIpc) is 2.85. The molecule has 0 spiro atoms. The van der Waals surface area contributed by atoms with E-state index in [9.17, 15) is 9.59 Å². The average molecular weight is 317 g/mol. The van der Waals surface area contributed by atoms with Crippen LogP contribution >= 0.6 is 0 Å². The smallest absolute Gasteiger partial charge is 0.263 e. The number of nitrogens with one attached hydrogen (secondary N) is 2. The first-order valence-electron chi connectivity index (χ1n) is 7.84. The summed E-state index contributed by atoms with van der Waals surface area (Å²) in [6.45, 7) is 0.567. The normalized spacial score (nSPS) is 29.6. The molecule has 23 heavy (non-hydrogen) atoms. The molecule has 1 saturated carbocycles. The number of nitrogens with zero attached hydrogens (tertiary/aromatic N) is 2. The van der Waals surface area contributed by atoms with Gasteiger partial charge >= 0.3 is 0 Å². The van der Waals surface area contributed by atoms with Gasteiger partial charge in [-0.2, -0.15) is 0 Å². The molecule has 1 aromatic heterocycles. The van der Waals surface area contributed by atoms with Gasteiger partial charge in [-0.3, -0.25) is 14.5 Å². The van der Waals surface area contributed by atoms with Crippen molar-refractivity contribution in [3.63, 3.8) is 0 Å². The van der Waals surface area contributed by atoms with Gasteiger partial charge in [0.1, 0.15) is 5.82 Å². The molecule has 0 unspecified atom stereocenters. The maximum absolute atomic E-state index is 12.3. The number of rotatable bonds is 3. The molecule has 3 heterocycles. The van der Waals surface area contributed by atoms with Crippen LogP contribution in [0.1, 0.15) is 19.3 Å². The van der Waals surface area contributed by atoms with Crippen LogP contribution in [0, 0.1) is 0 Å². The van der Waals surface area contributed by atoms with Crippen molar-refractivity contribution in [1.29, 1.82) is 0 Å². The highest BCUT2D eigenvalue weighted by molar-refractivity contribution is 5.97. The maximum Gasteiger partial charge on any atom is 0.263 e. The van der Waals surface area contributed by atoms with E-state index in [1.165, 1.54) is 0 Å². The maximum atomic E-state index is 12.3. The standard InChI is InChI=1S/C15H19N5O3/c16-8-3-9(4-8)17-10-5-14(22)20(6-10)12-2-1-11-15(18-12)19-13(21)7-23-11/h1-2,8-10,17H,3-7,16H2,(H,18,19,21)/t8?,9?,10-/m0/s1. The number of anilines is 2. The highest BCUT2D eigenvalue weighted by Gasteiger charge is 2.35. The number of hydrogen-bond donors (Lipinski definition) is 3. The van der Waals surface area contributed by atoms with Crippen molar-refractivity contribution in [3.8, 4) is 5.75 Å². The van der Waals surface area contributed by atoms with Crippen LogP contribution in [0.5, 0.6) is 5.75 Å². The Morgan fingerprint density at radius 3 is 2.91 bits per heavy atom. The van der Waals surface area contributed by atoms with E-state index >= 15 is 0 Å². The lowest BCUT2D eigenvalue weighted by atomic mass is 9.87. The molecule has 2 aliphatic heterocycles. The van der Waals surface area contributed by atoms with E-state index in [0.717, 1.165) is 12.8 Å². The monoisotopic (exact) mass is 317 g/mol. The number of aromatic nitrogens is 1. The molecule has 2 amide bonds. The molecule has 8 heteroatoms. The number of nitrogens with two attached hydrogens (primary N) is 1. The van der Waals surface area contributed by atoms with Crippen LogP contribution in [0.4, 0.5) is 11.6 Å². The zero-order valence-corrected chi connectivity index (χ0v) is 12.6. The molecule has 0 bridgehead atoms. The molecular weight excluding hydrogens is 298 g/mol. The number of fused-ring (bicyclic) bond motifs is 1. The number of hydrogen-bond acceptors (Lipinski definition) is 6. The molecule has 122 valence electrons. The van der Waals surface area contributed by atoms with E-state index in [2.05, 4.69) is 15.6 Å². The Balaban J connectivity index is 1.46. The van der Waals surface area contributed by atoms with Crippen molar-refractivity contribution >= 4 is 23.5 Å². The lowest BCUT2D eigenvalue weighted by Gasteiger charge is -2.35. The Hall–Kier alpha value is -2.19. The minimum absolute atomic E-state index is 0.00775. The van der Waals surface area contributed by atoms with Gasteiger partial charge in [-0.1, -0.05) is 0 Å². The molecule has 0 aromatic carbocycles. The molecule has 1 aliphatic carbocycles. The van der Waals surface area contributed by atoms with Crippen LogP contribution in [0.2, 0.25) is 0 Å². The number of carbonyl (C=O) groups excluding carboxylic acids is 2. The summed E-state index contributed by atoms with van der Waals surface area (Å²) < 4.78 is 5.28. The van der Waals surface area contributed by atoms with E-state index in [0.29, 0.717) is 36.4 Å². The highest BCUT2D eigenvalue weighted by Crippen LogP contribution is 2.30. The summed E-state index contributed by atoms with van der Waals surface area (Å²) in [5, 5.41) is 6.14. The number of ether oxygens (including phenoxy) is 1. The van der Waals surface area contributed by atoms with Crippen molar-refractivity contribution in [1.82, 2.24) is 10.3 Å². The third-order valence-corrected chi connectivity index (χ3v) is 4.51. The van der Waals surface area contributed by atoms with Gasteiger partial charge in [0.05, 0.1) is 0 Å². The molecule has 4 N–H and O–H groups in total. The summed E-state index contributed by atoms with van der Waals surface area (Å²) >= 11 is 0. The SMILES string of the molecule is NC1CC(N[C@H]2CC(=O)N(c3ccc4c(n3)NC(=O)CO4)C2)C1. The van der Waals surface area contributed by atoms with Crippen LogP contribution in [0.15, 0.2) is 12.1 Å². The van der Waals surface area contributed by atoms with Gasteiger partial charge in [0.25, 0.3) is 5.91 Å². The predicted octanol–water partition coefficient (Wildman–Crippen LogP) is -0.403. The minimum atomic E-state index is -0.240. The van der Waals surface area contributed by atoms with E-state index in [1.54, 1.807) is 17.0 Å². The molecule has 8 nitrogen and oxygen atoms in total. The van der Waals surface area contributed by atoms with Gasteiger partial charge in [0.15, 0.2) is 18.2 Å². The Labute approximate surface area is 133 Å². The molecule has 2 fully saturated rings. The van der Waals surface area contributed by atoms with Gasteiger partial charge in [-0.25, -0.2) is 4.98 Å². The molecule has 1 atom stereocenters. The largest absolute Gasteiger partial charge is 0.480 e. The number of carbonyl (C=O) groups is 2. The Morgan fingerprint density at radius 2 is 2.13 bits per heavy atom. The lowest BCUT2D eigenvalue weighted by molar-refractivity contribution is -0.118. The van der Waals surface area contributed by atoms with Crippen molar-refractivity contribution in [2.45, 2.75) is 37.4 Å². The van der Waals surface area contributed by atoms with Gasteiger partial charge in [-0.05, 0) is 25.0 Å². The summed E-state index contributed by atoms with van der Waals surface area (Å²) in [5.41, 5.74) is 5.79. The second-order valence-corrected chi connectivity index (χ2v) is 6.35. The van der Waals surface area contributed by atoms with Crippen LogP contribution in [-0.2, 0) is 9.59 Å². The Bertz CT molecular complexity index is 659. The van der Waals surface area contributed by atoms with Crippen molar-refractivity contribution < 1.29 is 14.3 Å². The molecule has 1 aromatic rings. The molecule has 0 radical (unpaired) electrons. The molecular formula is C15H19N5O3. The summed E-state index contributed by atoms with van der Waals surface area (Å²) in [6, 6.07) is 4.29. The number of amides is 2. The second-order valence-electron chi connectivity index (χ2n) is 6.35. The third-order valence-electron chi connectivity index (χ3n) is 4.51. The summed E-state index contributed by atoms with van der Waals surface area (Å²) in [6.07, 6.45) is 2.38. The second kappa shape index (κ2) is 5.47.